The lowest BCUT2D eigenvalue weighted by atomic mass is 10.0. The number of likely N-dealkylation sites (tertiary alicyclic amines) is 1. The molecule has 1 aromatic carbocycles. The Morgan fingerprint density at radius 1 is 1.07 bits per heavy atom. The van der Waals surface area contributed by atoms with Crippen LogP contribution in [0.25, 0.3) is 10.4 Å². The molecule has 1 aliphatic heterocycles. The topological polar surface area (TPSA) is 158 Å². The van der Waals surface area contributed by atoms with E-state index in [-0.39, 0.29) is 30.6 Å². The zero-order valence-corrected chi connectivity index (χ0v) is 24.8. The first kappa shape index (κ1) is 31.7. The Bertz CT molecular complexity index is 1240. The van der Waals surface area contributed by atoms with Crippen molar-refractivity contribution in [3.8, 4) is 10.4 Å². The van der Waals surface area contributed by atoms with Gasteiger partial charge in [-0.1, -0.05) is 38.1 Å². The number of nitrogens with zero attached hydrogens (tertiary/aromatic N) is 2. The molecular weight excluding hydrogens is 546 g/mol. The zero-order valence-electron chi connectivity index (χ0n) is 23.9. The predicted molar refractivity (Wildman–Crippen MR) is 155 cm³/mol. The van der Waals surface area contributed by atoms with E-state index in [0.717, 1.165) is 21.7 Å². The van der Waals surface area contributed by atoms with Crippen LogP contribution in [0.3, 0.4) is 0 Å². The highest BCUT2D eigenvalue weighted by atomic mass is 32.1. The summed E-state index contributed by atoms with van der Waals surface area (Å²) >= 11 is 1.58. The molecule has 1 saturated heterocycles. The molecule has 3 rings (SSSR count). The lowest BCUT2D eigenvalue weighted by Gasteiger charge is -2.28. The first-order chi connectivity index (χ1) is 19.5. The monoisotopic (exact) mass is 585 g/mol. The van der Waals surface area contributed by atoms with Crippen LogP contribution in [0, 0.1) is 12.8 Å². The summed E-state index contributed by atoms with van der Waals surface area (Å²) in [6.07, 6.45) is 0.935. The van der Waals surface area contributed by atoms with E-state index in [1.165, 1.54) is 4.90 Å². The summed E-state index contributed by atoms with van der Waals surface area (Å²) in [6.45, 7) is 8.03. The number of hydrogen-bond donors (Lipinski definition) is 4. The minimum atomic E-state index is -1.10. The van der Waals surface area contributed by atoms with Gasteiger partial charge < -0.3 is 26.0 Å². The number of aryl methyl sites for hydroxylation is 1. The maximum atomic E-state index is 13.3. The summed E-state index contributed by atoms with van der Waals surface area (Å²) in [7, 11) is 0. The van der Waals surface area contributed by atoms with Gasteiger partial charge in [0.2, 0.25) is 23.6 Å². The molecular formula is C29H39N5O6S. The number of carbonyl (C=O) groups is 5. The van der Waals surface area contributed by atoms with Crippen LogP contribution < -0.4 is 16.0 Å². The van der Waals surface area contributed by atoms with Crippen LogP contribution in [0.5, 0.6) is 0 Å². The smallest absolute Gasteiger partial charge is 0.303 e. The molecule has 0 bridgehead atoms. The molecule has 222 valence electrons. The van der Waals surface area contributed by atoms with E-state index < -0.39 is 35.9 Å². The van der Waals surface area contributed by atoms with Crippen LogP contribution in [-0.4, -0.2) is 69.3 Å². The fourth-order valence-corrected chi connectivity index (χ4v) is 5.59. The van der Waals surface area contributed by atoms with Crippen molar-refractivity contribution < 1.29 is 29.1 Å². The van der Waals surface area contributed by atoms with Gasteiger partial charge in [-0.15, -0.1) is 11.3 Å². The van der Waals surface area contributed by atoms with Crippen LogP contribution in [0.4, 0.5) is 0 Å². The quantitative estimate of drug-likeness (QED) is 0.281. The second-order valence-electron chi connectivity index (χ2n) is 10.7. The molecule has 1 aliphatic rings. The number of carboxylic acids is 1. The summed E-state index contributed by atoms with van der Waals surface area (Å²) < 4.78 is 0. The maximum Gasteiger partial charge on any atom is 0.303 e. The van der Waals surface area contributed by atoms with E-state index in [2.05, 4.69) is 20.9 Å². The van der Waals surface area contributed by atoms with E-state index in [4.69, 9.17) is 5.11 Å². The third kappa shape index (κ3) is 9.10. The van der Waals surface area contributed by atoms with Crippen molar-refractivity contribution in [2.45, 2.75) is 84.5 Å². The Hall–Kier alpha value is -3.80. The van der Waals surface area contributed by atoms with Crippen molar-refractivity contribution in [3.63, 3.8) is 0 Å². The van der Waals surface area contributed by atoms with Gasteiger partial charge in [-0.2, -0.15) is 0 Å². The Kier molecular flexibility index (Phi) is 11.4. The van der Waals surface area contributed by atoms with Crippen LogP contribution in [0.1, 0.15) is 64.1 Å². The molecule has 0 spiro atoms. The van der Waals surface area contributed by atoms with Crippen molar-refractivity contribution in [1.82, 2.24) is 25.8 Å². The van der Waals surface area contributed by atoms with Crippen molar-refractivity contribution in [2.24, 2.45) is 5.92 Å². The molecule has 2 aromatic rings. The standard InChI is InChI=1S/C29H39N5O6S/c1-17(2)14-22(33-24(35)11-12-25(36)37)27(38)32-19(4)29(40)34-13-5-6-23(34)28(39)30-15-20-7-9-21(10-8-20)26-18(3)31-16-41-26/h7-10,16-17,19,22-23H,5-6,11-15H2,1-4H3,(H,30,39)(H,32,38)(H,33,35)(H,36,37)/t19-,22-,23-/m0/s1. The SMILES string of the molecule is Cc1ncsc1-c1ccc(CNC(=O)[C@@H]2CCCN2C(=O)[C@H](C)NC(=O)[C@H](CC(C)C)NC(=O)CCC(=O)O)cc1. The number of aliphatic carboxylic acids is 1. The number of amides is 4. The van der Waals surface area contributed by atoms with Gasteiger partial charge in [0.25, 0.3) is 0 Å². The molecule has 1 fully saturated rings. The van der Waals surface area contributed by atoms with Crippen molar-refractivity contribution >= 4 is 40.9 Å². The van der Waals surface area contributed by atoms with Gasteiger partial charge in [0.05, 0.1) is 22.5 Å². The Morgan fingerprint density at radius 2 is 1.78 bits per heavy atom. The minimum absolute atomic E-state index is 0.0659. The van der Waals surface area contributed by atoms with Gasteiger partial charge in [0, 0.05) is 19.5 Å². The molecule has 3 atom stereocenters. The maximum absolute atomic E-state index is 13.3. The predicted octanol–water partition coefficient (Wildman–Crippen LogP) is 2.63. The normalized spacial score (nSPS) is 16.2. The Morgan fingerprint density at radius 3 is 2.39 bits per heavy atom. The molecule has 0 aliphatic carbocycles. The van der Waals surface area contributed by atoms with Crippen molar-refractivity contribution in [2.75, 3.05) is 6.54 Å². The van der Waals surface area contributed by atoms with Gasteiger partial charge in [-0.25, -0.2) is 4.98 Å². The molecule has 11 nitrogen and oxygen atoms in total. The molecule has 12 heteroatoms. The fraction of sp³-hybridized carbons (Fsp3) is 0.517. The largest absolute Gasteiger partial charge is 0.481 e. The number of rotatable bonds is 13. The second-order valence-corrected chi connectivity index (χ2v) is 11.6. The van der Waals surface area contributed by atoms with E-state index in [1.807, 2.05) is 50.5 Å². The van der Waals surface area contributed by atoms with E-state index in [9.17, 15) is 24.0 Å². The first-order valence-corrected chi connectivity index (χ1v) is 14.7. The lowest BCUT2D eigenvalue weighted by Crippen LogP contribution is -2.55. The van der Waals surface area contributed by atoms with Gasteiger partial charge in [0.15, 0.2) is 0 Å². The summed E-state index contributed by atoms with van der Waals surface area (Å²) in [5, 5.41) is 17.0. The third-order valence-corrected chi connectivity index (χ3v) is 7.90. The van der Waals surface area contributed by atoms with Crippen LogP contribution in [-0.2, 0) is 30.5 Å². The average molecular weight is 586 g/mol. The van der Waals surface area contributed by atoms with Crippen LogP contribution in [0.15, 0.2) is 29.8 Å². The Labute approximate surface area is 244 Å². The Balaban J connectivity index is 1.55. The molecule has 0 unspecified atom stereocenters. The summed E-state index contributed by atoms with van der Waals surface area (Å²) in [5.74, 6) is -2.73. The molecule has 2 heterocycles. The van der Waals surface area contributed by atoms with Crippen LogP contribution in [0.2, 0.25) is 0 Å². The molecule has 4 amide bonds. The van der Waals surface area contributed by atoms with Gasteiger partial charge >= 0.3 is 5.97 Å². The molecule has 0 saturated carbocycles. The number of thiazole rings is 1. The van der Waals surface area contributed by atoms with E-state index >= 15 is 0 Å². The second kappa shape index (κ2) is 14.7. The minimum Gasteiger partial charge on any atom is -0.481 e. The van der Waals surface area contributed by atoms with Gasteiger partial charge in [-0.3, -0.25) is 24.0 Å². The molecule has 41 heavy (non-hydrogen) atoms. The highest BCUT2D eigenvalue weighted by molar-refractivity contribution is 7.13. The first-order valence-electron chi connectivity index (χ1n) is 13.8. The molecule has 1 aromatic heterocycles. The lowest BCUT2D eigenvalue weighted by molar-refractivity contribution is -0.141. The fourth-order valence-electron chi connectivity index (χ4n) is 4.78. The summed E-state index contributed by atoms with van der Waals surface area (Å²) in [4.78, 5) is 69.1. The molecule has 4 N–H and O–H groups in total. The molecule has 0 radical (unpaired) electrons. The number of aromatic nitrogens is 1. The average Bonchev–Trinajstić information content (AvgIpc) is 3.59. The summed E-state index contributed by atoms with van der Waals surface area (Å²) in [6, 6.07) is 5.45. The number of benzene rings is 1. The highest BCUT2D eigenvalue weighted by Crippen LogP contribution is 2.27. The van der Waals surface area contributed by atoms with Crippen molar-refractivity contribution in [3.05, 3.63) is 41.0 Å². The zero-order chi connectivity index (χ0) is 30.1. The summed E-state index contributed by atoms with van der Waals surface area (Å²) in [5.41, 5.74) is 4.79. The van der Waals surface area contributed by atoms with E-state index in [0.29, 0.717) is 32.4 Å². The number of nitrogens with one attached hydrogen (secondary N) is 3. The van der Waals surface area contributed by atoms with E-state index in [1.54, 1.807) is 18.3 Å². The third-order valence-electron chi connectivity index (χ3n) is 6.92. The van der Waals surface area contributed by atoms with Gasteiger partial charge in [-0.05, 0) is 50.2 Å². The number of carboxylic acid groups (broad SMARTS) is 1. The number of carbonyl (C=O) groups excluding carboxylic acids is 4. The van der Waals surface area contributed by atoms with Crippen LogP contribution >= 0.6 is 11.3 Å². The number of hydrogen-bond acceptors (Lipinski definition) is 7. The van der Waals surface area contributed by atoms with Crippen molar-refractivity contribution in [1.29, 1.82) is 0 Å². The highest BCUT2D eigenvalue weighted by Gasteiger charge is 2.37. The van der Waals surface area contributed by atoms with Gasteiger partial charge in [0.1, 0.15) is 18.1 Å².